The quantitative estimate of drug-likeness (QED) is 0.153. The number of hydrogen-bond donors (Lipinski definition) is 0. The Morgan fingerprint density at radius 1 is 0.238 bits per heavy atom. The number of hydrogen-bond acceptors (Lipinski definition) is 3. The van der Waals surface area contributed by atoms with Gasteiger partial charge in [0, 0.05) is 38.6 Å². The minimum absolute atomic E-state index is 0.892. The molecule has 0 fully saturated rings. The van der Waals surface area contributed by atoms with Crippen LogP contribution in [0.5, 0.6) is 0 Å². The monoisotopic (exact) mass is 805 g/mol. The van der Waals surface area contributed by atoms with Gasteiger partial charge in [0.1, 0.15) is 22.3 Å². The van der Waals surface area contributed by atoms with E-state index in [2.05, 4.69) is 217 Å². The molecule has 0 spiro atoms. The second-order valence-corrected chi connectivity index (χ2v) is 16.1. The lowest BCUT2D eigenvalue weighted by atomic mass is 9.93. The molecule has 296 valence electrons. The first-order valence-electron chi connectivity index (χ1n) is 21.4. The van der Waals surface area contributed by atoms with Crippen LogP contribution in [0.25, 0.3) is 99.5 Å². The number of nitrogens with zero attached hydrogens (tertiary/aromatic N) is 1. The van der Waals surface area contributed by atoms with Crippen LogP contribution in [0.1, 0.15) is 0 Å². The van der Waals surface area contributed by atoms with E-state index in [1.807, 2.05) is 24.3 Å². The van der Waals surface area contributed by atoms with E-state index >= 15 is 0 Å². The molecule has 0 bridgehead atoms. The number of para-hydroxylation sites is 2. The molecule has 3 nitrogen and oxygen atoms in total. The van der Waals surface area contributed by atoms with Gasteiger partial charge in [-0.15, -0.1) is 0 Å². The summed E-state index contributed by atoms with van der Waals surface area (Å²) >= 11 is 0. The molecule has 0 atom stereocenters. The zero-order chi connectivity index (χ0) is 41.7. The van der Waals surface area contributed by atoms with E-state index in [9.17, 15) is 0 Å². The van der Waals surface area contributed by atoms with E-state index in [1.54, 1.807) is 0 Å². The molecule has 0 N–H and O–H groups in total. The van der Waals surface area contributed by atoms with E-state index < -0.39 is 0 Å². The summed E-state index contributed by atoms with van der Waals surface area (Å²) in [7, 11) is 0. The fraction of sp³-hybridized carbons (Fsp3) is 0. The third-order valence-corrected chi connectivity index (χ3v) is 12.3. The van der Waals surface area contributed by atoms with Crippen molar-refractivity contribution < 1.29 is 8.83 Å². The Balaban J connectivity index is 0.959. The minimum atomic E-state index is 0.892. The molecule has 0 saturated carbocycles. The lowest BCUT2D eigenvalue weighted by molar-refractivity contribution is 0.668. The van der Waals surface area contributed by atoms with Crippen LogP contribution in [0.3, 0.4) is 0 Å². The smallest absolute Gasteiger partial charge is 0.136 e. The SMILES string of the molecule is c1ccc(-c2cc(-c3ccccc3)cc(-c3ccc(N(c4ccc(-c5cccc6oc7ccccc7c56)cc4)c4ccc(-c5cccc6oc7ccccc7c56)cc4)cc3)c2)cc1. The van der Waals surface area contributed by atoms with E-state index in [-0.39, 0.29) is 0 Å². The Kier molecular flexibility index (Phi) is 8.83. The van der Waals surface area contributed by atoms with Gasteiger partial charge < -0.3 is 13.7 Å². The lowest BCUT2D eigenvalue weighted by Gasteiger charge is -2.26. The van der Waals surface area contributed by atoms with Gasteiger partial charge in [-0.3, -0.25) is 0 Å². The van der Waals surface area contributed by atoms with Gasteiger partial charge in [-0.1, -0.05) is 158 Å². The normalized spacial score (nSPS) is 11.5. The van der Waals surface area contributed by atoms with Crippen LogP contribution in [0.4, 0.5) is 17.1 Å². The summed E-state index contributed by atoms with van der Waals surface area (Å²) in [5.74, 6) is 0. The fourth-order valence-electron chi connectivity index (χ4n) is 9.25. The van der Waals surface area contributed by atoms with E-state index in [0.717, 1.165) is 88.8 Å². The largest absolute Gasteiger partial charge is 0.456 e. The molecule has 2 aromatic heterocycles. The molecular weight excluding hydrogens is 767 g/mol. The highest BCUT2D eigenvalue weighted by atomic mass is 16.3. The Labute approximate surface area is 365 Å². The maximum Gasteiger partial charge on any atom is 0.136 e. The van der Waals surface area contributed by atoms with Crippen molar-refractivity contribution in [2.24, 2.45) is 0 Å². The van der Waals surface area contributed by atoms with Gasteiger partial charge in [-0.2, -0.15) is 0 Å². The first-order valence-corrected chi connectivity index (χ1v) is 21.4. The van der Waals surface area contributed by atoms with E-state index in [4.69, 9.17) is 8.83 Å². The van der Waals surface area contributed by atoms with Crippen LogP contribution in [0.15, 0.2) is 245 Å². The predicted octanol–water partition coefficient (Wildman–Crippen LogP) is 17.3. The van der Waals surface area contributed by atoms with Crippen molar-refractivity contribution in [2.45, 2.75) is 0 Å². The van der Waals surface area contributed by atoms with Gasteiger partial charge in [0.15, 0.2) is 0 Å². The summed E-state index contributed by atoms with van der Waals surface area (Å²) < 4.78 is 12.5. The number of rotatable bonds is 8. The number of anilines is 3. The summed E-state index contributed by atoms with van der Waals surface area (Å²) in [5, 5.41) is 4.52. The summed E-state index contributed by atoms with van der Waals surface area (Å²) in [4.78, 5) is 2.34. The molecule has 12 aromatic rings. The van der Waals surface area contributed by atoms with Crippen molar-refractivity contribution in [1.29, 1.82) is 0 Å². The van der Waals surface area contributed by atoms with Gasteiger partial charge in [-0.25, -0.2) is 0 Å². The standard InChI is InChI=1S/C60H39NO2/c1-3-13-40(14-4-1)45-37-46(41-15-5-2-6-16-41)39-47(38-45)42-25-31-48(32-26-42)61(49-33-27-43(28-34-49)51-19-11-23-57-59(51)53-17-7-9-21-55(53)62-57)50-35-29-44(30-36-50)52-20-12-24-58-60(52)54-18-8-10-22-56(54)63-58/h1-39H. The first kappa shape index (κ1) is 36.5. The highest BCUT2D eigenvalue weighted by Crippen LogP contribution is 2.42. The third-order valence-electron chi connectivity index (χ3n) is 12.3. The van der Waals surface area contributed by atoms with Gasteiger partial charge in [0.2, 0.25) is 0 Å². The maximum atomic E-state index is 6.26. The summed E-state index contributed by atoms with van der Waals surface area (Å²) in [6, 6.07) is 84.2. The second kappa shape index (κ2) is 15.3. The fourth-order valence-corrected chi connectivity index (χ4v) is 9.25. The van der Waals surface area contributed by atoms with Crippen molar-refractivity contribution in [3.05, 3.63) is 237 Å². The van der Waals surface area contributed by atoms with Gasteiger partial charge >= 0.3 is 0 Å². The van der Waals surface area contributed by atoms with Gasteiger partial charge in [-0.05, 0) is 134 Å². The molecule has 2 heterocycles. The van der Waals surface area contributed by atoms with Crippen LogP contribution >= 0.6 is 0 Å². The highest BCUT2D eigenvalue weighted by molar-refractivity contribution is 6.13. The molecule has 0 aliphatic rings. The second-order valence-electron chi connectivity index (χ2n) is 16.1. The average Bonchev–Trinajstić information content (AvgIpc) is 3.94. The van der Waals surface area contributed by atoms with E-state index in [1.165, 1.54) is 27.8 Å². The summed E-state index contributed by atoms with van der Waals surface area (Å²) in [6.07, 6.45) is 0. The first-order chi connectivity index (χ1) is 31.2. The predicted molar refractivity (Wildman–Crippen MR) is 263 cm³/mol. The van der Waals surface area contributed by atoms with Gasteiger partial charge in [0.25, 0.3) is 0 Å². The molecule has 0 unspecified atom stereocenters. The van der Waals surface area contributed by atoms with Crippen LogP contribution in [0.2, 0.25) is 0 Å². The zero-order valence-electron chi connectivity index (χ0n) is 34.3. The van der Waals surface area contributed by atoms with Crippen LogP contribution < -0.4 is 4.90 Å². The number of fused-ring (bicyclic) bond motifs is 6. The maximum absolute atomic E-state index is 6.26. The molecule has 3 heteroatoms. The average molecular weight is 806 g/mol. The van der Waals surface area contributed by atoms with E-state index in [0.29, 0.717) is 0 Å². The molecule has 0 saturated heterocycles. The van der Waals surface area contributed by atoms with Crippen molar-refractivity contribution in [1.82, 2.24) is 0 Å². The van der Waals surface area contributed by atoms with Crippen LogP contribution in [-0.2, 0) is 0 Å². The van der Waals surface area contributed by atoms with Crippen molar-refractivity contribution in [3.8, 4) is 55.6 Å². The van der Waals surface area contributed by atoms with Crippen molar-refractivity contribution >= 4 is 60.9 Å². The molecule has 63 heavy (non-hydrogen) atoms. The van der Waals surface area contributed by atoms with Gasteiger partial charge in [0.05, 0.1) is 0 Å². The number of furan rings is 2. The topological polar surface area (TPSA) is 29.5 Å². The summed E-state index contributed by atoms with van der Waals surface area (Å²) in [5.41, 5.74) is 18.4. The molecule has 0 radical (unpaired) electrons. The molecule has 12 rings (SSSR count). The molecule has 0 aliphatic heterocycles. The Morgan fingerprint density at radius 3 is 0.984 bits per heavy atom. The zero-order valence-corrected chi connectivity index (χ0v) is 34.3. The van der Waals surface area contributed by atoms with Crippen LogP contribution in [-0.4, -0.2) is 0 Å². The van der Waals surface area contributed by atoms with Crippen molar-refractivity contribution in [2.75, 3.05) is 4.90 Å². The van der Waals surface area contributed by atoms with Crippen molar-refractivity contribution in [3.63, 3.8) is 0 Å². The minimum Gasteiger partial charge on any atom is -0.456 e. The lowest BCUT2D eigenvalue weighted by Crippen LogP contribution is -2.09. The Bertz CT molecular complexity index is 3370. The molecule has 0 aliphatic carbocycles. The molecular formula is C60H39NO2. The Hall–Kier alpha value is -8.40. The molecule has 10 aromatic carbocycles. The third kappa shape index (κ3) is 6.55. The Morgan fingerprint density at radius 2 is 0.571 bits per heavy atom. The molecule has 0 amide bonds. The van der Waals surface area contributed by atoms with Crippen LogP contribution in [0, 0.1) is 0 Å². The number of benzene rings is 10. The highest BCUT2D eigenvalue weighted by Gasteiger charge is 2.18. The summed E-state index contributed by atoms with van der Waals surface area (Å²) in [6.45, 7) is 0.